The maximum Gasteiger partial charge on any atom is 0.342 e. The predicted molar refractivity (Wildman–Crippen MR) is 59.8 cm³/mol. The number of carbonyl (C=O) groups is 1. The van der Waals surface area contributed by atoms with Gasteiger partial charge in [-0.15, -0.1) is 0 Å². The molecule has 1 rings (SSSR count). The van der Waals surface area contributed by atoms with Gasteiger partial charge in [-0.3, -0.25) is 0 Å². The molecule has 0 saturated carbocycles. The molecule has 86 valence electrons. The van der Waals surface area contributed by atoms with Crippen LogP contribution in [0.3, 0.4) is 0 Å². The lowest BCUT2D eigenvalue weighted by molar-refractivity contribution is 0.0546. The minimum absolute atomic E-state index is 0.130. The highest BCUT2D eigenvalue weighted by atomic mass is 16.5. The van der Waals surface area contributed by atoms with Crippen LogP contribution in [0.1, 0.15) is 17.3 Å². The fourth-order valence-electron chi connectivity index (χ4n) is 1.11. The van der Waals surface area contributed by atoms with Gasteiger partial charge in [-0.2, -0.15) is 0 Å². The number of phenols is 1. The average Bonchev–Trinajstić information content (AvgIpc) is 2.29. The van der Waals surface area contributed by atoms with Crippen LogP contribution in [0.25, 0.3) is 0 Å². The topological polar surface area (TPSA) is 55.8 Å². The van der Waals surface area contributed by atoms with Crippen molar-refractivity contribution < 1.29 is 19.4 Å². The molecule has 0 atom stereocenters. The molecule has 0 bridgehead atoms. The summed E-state index contributed by atoms with van der Waals surface area (Å²) in [5.41, 5.74) is 0.130. The van der Waals surface area contributed by atoms with Gasteiger partial charge in [0.2, 0.25) is 0 Å². The van der Waals surface area contributed by atoms with Crippen LogP contribution < -0.4 is 4.74 Å². The van der Waals surface area contributed by atoms with Gasteiger partial charge in [-0.05, 0) is 19.1 Å². The van der Waals surface area contributed by atoms with Crippen molar-refractivity contribution in [1.82, 2.24) is 0 Å². The van der Waals surface area contributed by atoms with E-state index in [2.05, 4.69) is 0 Å². The minimum Gasteiger partial charge on any atom is -0.507 e. The van der Waals surface area contributed by atoms with E-state index in [0.29, 0.717) is 5.75 Å². The lowest BCUT2D eigenvalue weighted by Crippen LogP contribution is -2.05. The standard InChI is InChI=1S/C12H14O4/c1-3-4-7-16-12(14)10-6-5-9(15-2)8-11(10)13/h3-6,8,13H,7H2,1-2H3/b4-3+. The molecule has 16 heavy (non-hydrogen) atoms. The molecule has 0 aliphatic heterocycles. The molecule has 0 radical (unpaired) electrons. The van der Waals surface area contributed by atoms with Crippen LogP contribution in [0.5, 0.6) is 11.5 Å². The van der Waals surface area contributed by atoms with Crippen LogP contribution in [0.2, 0.25) is 0 Å². The Hall–Kier alpha value is -1.97. The van der Waals surface area contributed by atoms with Gasteiger partial charge in [0.1, 0.15) is 23.7 Å². The van der Waals surface area contributed by atoms with Crippen molar-refractivity contribution in [1.29, 1.82) is 0 Å². The minimum atomic E-state index is -0.557. The largest absolute Gasteiger partial charge is 0.507 e. The zero-order chi connectivity index (χ0) is 12.0. The smallest absolute Gasteiger partial charge is 0.342 e. The van der Waals surface area contributed by atoms with Crippen molar-refractivity contribution in [3.05, 3.63) is 35.9 Å². The van der Waals surface area contributed by atoms with E-state index in [1.54, 1.807) is 18.2 Å². The predicted octanol–water partition coefficient (Wildman–Crippen LogP) is 2.13. The van der Waals surface area contributed by atoms with Crippen LogP contribution in [-0.4, -0.2) is 24.8 Å². The maximum atomic E-state index is 11.5. The van der Waals surface area contributed by atoms with Gasteiger partial charge < -0.3 is 14.6 Å². The Morgan fingerprint density at radius 2 is 2.25 bits per heavy atom. The molecule has 1 aromatic carbocycles. The van der Waals surface area contributed by atoms with Gasteiger partial charge in [0.25, 0.3) is 0 Å². The lowest BCUT2D eigenvalue weighted by Gasteiger charge is -2.06. The van der Waals surface area contributed by atoms with Gasteiger partial charge in [-0.1, -0.05) is 12.2 Å². The number of allylic oxidation sites excluding steroid dienone is 1. The molecule has 0 aliphatic rings. The number of rotatable bonds is 4. The number of hydrogen-bond acceptors (Lipinski definition) is 4. The number of aromatic hydroxyl groups is 1. The number of methoxy groups -OCH3 is 1. The summed E-state index contributed by atoms with van der Waals surface area (Å²) in [6.07, 6.45) is 3.49. The third-order valence-electron chi connectivity index (χ3n) is 1.97. The molecule has 0 fully saturated rings. The summed E-state index contributed by atoms with van der Waals surface area (Å²) in [7, 11) is 1.48. The molecule has 1 N–H and O–H groups in total. The van der Waals surface area contributed by atoms with Gasteiger partial charge in [0.15, 0.2) is 0 Å². The Labute approximate surface area is 94.1 Å². The zero-order valence-electron chi connectivity index (χ0n) is 9.27. The van der Waals surface area contributed by atoms with E-state index >= 15 is 0 Å². The third kappa shape index (κ3) is 3.02. The number of esters is 1. The van der Waals surface area contributed by atoms with Crippen LogP contribution in [0, 0.1) is 0 Å². The fraction of sp³-hybridized carbons (Fsp3) is 0.250. The Bertz CT molecular complexity index is 396. The van der Waals surface area contributed by atoms with Crippen molar-refractivity contribution in [3.8, 4) is 11.5 Å². The SMILES string of the molecule is C/C=C/COC(=O)c1ccc(OC)cc1O. The number of benzene rings is 1. The Kier molecular flexibility index (Phi) is 4.39. The van der Waals surface area contributed by atoms with Gasteiger partial charge in [-0.25, -0.2) is 4.79 Å². The van der Waals surface area contributed by atoms with Gasteiger partial charge >= 0.3 is 5.97 Å². The molecular formula is C12H14O4. The molecule has 0 saturated heterocycles. The first-order chi connectivity index (χ1) is 7.69. The lowest BCUT2D eigenvalue weighted by atomic mass is 10.2. The molecule has 0 amide bonds. The van der Waals surface area contributed by atoms with E-state index in [1.165, 1.54) is 19.2 Å². The summed E-state index contributed by atoms with van der Waals surface area (Å²) in [5.74, 6) is -0.217. The van der Waals surface area contributed by atoms with E-state index in [-0.39, 0.29) is 17.9 Å². The highest BCUT2D eigenvalue weighted by molar-refractivity contribution is 5.92. The molecule has 0 heterocycles. The maximum absolute atomic E-state index is 11.5. The first-order valence-electron chi connectivity index (χ1n) is 4.84. The van der Waals surface area contributed by atoms with Crippen LogP contribution >= 0.6 is 0 Å². The fourth-order valence-corrected chi connectivity index (χ4v) is 1.11. The van der Waals surface area contributed by atoms with E-state index in [0.717, 1.165) is 0 Å². The third-order valence-corrected chi connectivity index (χ3v) is 1.97. The zero-order valence-corrected chi connectivity index (χ0v) is 9.27. The summed E-state index contributed by atoms with van der Waals surface area (Å²) in [4.78, 5) is 11.5. The molecule has 0 unspecified atom stereocenters. The van der Waals surface area contributed by atoms with E-state index in [4.69, 9.17) is 9.47 Å². The highest BCUT2D eigenvalue weighted by Gasteiger charge is 2.12. The van der Waals surface area contributed by atoms with E-state index in [1.807, 2.05) is 6.92 Å². The second-order valence-corrected chi connectivity index (χ2v) is 3.05. The van der Waals surface area contributed by atoms with Crippen molar-refractivity contribution in [2.75, 3.05) is 13.7 Å². The number of hydrogen-bond donors (Lipinski definition) is 1. The molecule has 0 spiro atoms. The van der Waals surface area contributed by atoms with Crippen molar-refractivity contribution in [3.63, 3.8) is 0 Å². The second kappa shape index (κ2) is 5.80. The summed E-state index contributed by atoms with van der Waals surface area (Å²) in [6.45, 7) is 2.03. The summed E-state index contributed by atoms with van der Waals surface area (Å²) in [6, 6.07) is 4.42. The molecule has 0 aromatic heterocycles. The Balaban J connectivity index is 2.75. The van der Waals surface area contributed by atoms with Gasteiger partial charge in [0.05, 0.1) is 7.11 Å². The van der Waals surface area contributed by atoms with Crippen LogP contribution in [-0.2, 0) is 4.74 Å². The van der Waals surface area contributed by atoms with Gasteiger partial charge in [0, 0.05) is 6.07 Å². The number of carbonyl (C=O) groups excluding carboxylic acids is 1. The van der Waals surface area contributed by atoms with E-state index in [9.17, 15) is 9.90 Å². The molecule has 1 aromatic rings. The Morgan fingerprint density at radius 1 is 1.50 bits per heavy atom. The molecule has 0 aliphatic carbocycles. The first kappa shape index (κ1) is 12.1. The quantitative estimate of drug-likeness (QED) is 0.626. The summed E-state index contributed by atoms with van der Waals surface area (Å²) < 4.78 is 9.80. The van der Waals surface area contributed by atoms with E-state index < -0.39 is 5.97 Å². The van der Waals surface area contributed by atoms with Crippen molar-refractivity contribution >= 4 is 5.97 Å². The highest BCUT2D eigenvalue weighted by Crippen LogP contribution is 2.23. The van der Waals surface area contributed by atoms with Crippen LogP contribution in [0.15, 0.2) is 30.4 Å². The Morgan fingerprint density at radius 3 is 2.81 bits per heavy atom. The van der Waals surface area contributed by atoms with Crippen molar-refractivity contribution in [2.45, 2.75) is 6.92 Å². The summed E-state index contributed by atoms with van der Waals surface area (Å²) in [5, 5.41) is 9.55. The molecular weight excluding hydrogens is 208 g/mol. The normalized spacial score (nSPS) is 10.4. The number of phenolic OH excluding ortho intramolecular Hbond substituents is 1. The molecule has 4 nitrogen and oxygen atoms in total. The van der Waals surface area contributed by atoms with Crippen LogP contribution in [0.4, 0.5) is 0 Å². The van der Waals surface area contributed by atoms with Crippen molar-refractivity contribution in [2.24, 2.45) is 0 Å². The average molecular weight is 222 g/mol. The molecule has 4 heteroatoms. The monoisotopic (exact) mass is 222 g/mol. The second-order valence-electron chi connectivity index (χ2n) is 3.05. The summed E-state index contributed by atoms with van der Waals surface area (Å²) >= 11 is 0. The number of ether oxygens (including phenoxy) is 2. The first-order valence-corrected chi connectivity index (χ1v) is 4.84.